The molecule has 1 atom stereocenters. The van der Waals surface area contributed by atoms with Gasteiger partial charge in [-0.2, -0.15) is 0 Å². The molecular formula is C16H31N3O2. The Morgan fingerprint density at radius 3 is 2.48 bits per heavy atom. The van der Waals surface area contributed by atoms with Crippen molar-refractivity contribution in [1.29, 1.82) is 0 Å². The van der Waals surface area contributed by atoms with Gasteiger partial charge in [-0.15, -0.1) is 0 Å². The molecule has 0 aromatic heterocycles. The molecule has 0 amide bonds. The quantitative estimate of drug-likeness (QED) is 0.679. The minimum absolute atomic E-state index is 0.0951. The van der Waals surface area contributed by atoms with Crippen molar-refractivity contribution in [3.8, 4) is 0 Å². The van der Waals surface area contributed by atoms with Crippen LogP contribution in [0, 0.1) is 0 Å². The summed E-state index contributed by atoms with van der Waals surface area (Å²) in [5.41, 5.74) is 0. The first kappa shape index (κ1) is 16.7. The van der Waals surface area contributed by atoms with E-state index >= 15 is 0 Å². The van der Waals surface area contributed by atoms with Crippen molar-refractivity contribution in [3.63, 3.8) is 0 Å². The Labute approximate surface area is 129 Å². The second-order valence-corrected chi connectivity index (χ2v) is 6.35. The molecule has 1 saturated heterocycles. The average molecular weight is 297 g/mol. The maximum atomic E-state index is 12.1. The summed E-state index contributed by atoms with van der Waals surface area (Å²) in [7, 11) is 2.15. The second kappa shape index (κ2) is 8.11. The van der Waals surface area contributed by atoms with Crippen molar-refractivity contribution in [3.05, 3.63) is 0 Å². The van der Waals surface area contributed by atoms with Crippen molar-refractivity contribution >= 4 is 5.97 Å². The molecular weight excluding hydrogens is 266 g/mol. The number of rotatable bonds is 8. The summed E-state index contributed by atoms with van der Waals surface area (Å²) in [5, 5.41) is 3.44. The maximum absolute atomic E-state index is 12.1. The number of nitrogens with one attached hydrogen (secondary N) is 1. The van der Waals surface area contributed by atoms with Crippen LogP contribution in [0.15, 0.2) is 0 Å². The number of carbonyl (C=O) groups excluding carboxylic acids is 1. The fraction of sp³-hybridized carbons (Fsp3) is 0.938. The van der Waals surface area contributed by atoms with Gasteiger partial charge in [-0.25, -0.2) is 0 Å². The van der Waals surface area contributed by atoms with Gasteiger partial charge < -0.3 is 19.9 Å². The molecule has 0 bridgehead atoms. The zero-order valence-electron chi connectivity index (χ0n) is 13.8. The molecule has 21 heavy (non-hydrogen) atoms. The molecule has 5 heteroatoms. The number of ether oxygens (including phenoxy) is 1. The molecule has 2 aliphatic rings. The van der Waals surface area contributed by atoms with Crippen molar-refractivity contribution in [1.82, 2.24) is 15.1 Å². The first-order chi connectivity index (χ1) is 10.1. The normalized spacial score (nSPS) is 22.5. The molecule has 2 rings (SSSR count). The van der Waals surface area contributed by atoms with Crippen molar-refractivity contribution in [2.75, 3.05) is 39.8 Å². The molecule has 1 saturated carbocycles. The van der Waals surface area contributed by atoms with Crippen LogP contribution in [0.3, 0.4) is 0 Å². The number of hydrogen-bond acceptors (Lipinski definition) is 5. The van der Waals surface area contributed by atoms with Gasteiger partial charge in [-0.3, -0.25) is 4.79 Å². The fourth-order valence-corrected chi connectivity index (χ4v) is 3.09. The van der Waals surface area contributed by atoms with Crippen LogP contribution in [-0.2, 0) is 9.53 Å². The molecule has 1 aliphatic carbocycles. The minimum atomic E-state index is -0.174. The van der Waals surface area contributed by atoms with Gasteiger partial charge in [0.1, 0.15) is 6.04 Å². The predicted molar refractivity (Wildman–Crippen MR) is 84.3 cm³/mol. The van der Waals surface area contributed by atoms with Gasteiger partial charge >= 0.3 is 5.97 Å². The van der Waals surface area contributed by atoms with E-state index in [0.29, 0.717) is 18.7 Å². The lowest BCUT2D eigenvalue weighted by atomic mass is 10.0. The van der Waals surface area contributed by atoms with Crippen molar-refractivity contribution in [2.45, 2.75) is 57.7 Å². The van der Waals surface area contributed by atoms with E-state index in [-0.39, 0.29) is 12.0 Å². The summed E-state index contributed by atoms with van der Waals surface area (Å²) in [6.45, 7) is 8.80. The molecule has 1 heterocycles. The third-order valence-corrected chi connectivity index (χ3v) is 4.68. The maximum Gasteiger partial charge on any atom is 0.324 e. The lowest BCUT2D eigenvalue weighted by Gasteiger charge is -2.37. The highest BCUT2D eigenvalue weighted by molar-refractivity contribution is 5.76. The van der Waals surface area contributed by atoms with Crippen LogP contribution in [0.4, 0.5) is 0 Å². The van der Waals surface area contributed by atoms with Crippen LogP contribution in [0.2, 0.25) is 0 Å². The summed E-state index contributed by atoms with van der Waals surface area (Å²) in [6, 6.07) is 0.937. The fourth-order valence-electron chi connectivity index (χ4n) is 3.09. The molecule has 0 spiro atoms. The smallest absolute Gasteiger partial charge is 0.324 e. The number of esters is 1. The Hall–Kier alpha value is -0.650. The summed E-state index contributed by atoms with van der Waals surface area (Å²) < 4.78 is 5.22. The van der Waals surface area contributed by atoms with Gasteiger partial charge in [0.25, 0.3) is 0 Å². The topological polar surface area (TPSA) is 44.8 Å². The number of hydrogen-bond donors (Lipinski definition) is 1. The Kier molecular flexibility index (Phi) is 6.45. The molecule has 0 aromatic carbocycles. The molecule has 1 N–H and O–H groups in total. The molecule has 0 aromatic rings. The molecule has 1 unspecified atom stereocenters. The van der Waals surface area contributed by atoms with Gasteiger partial charge in [0.15, 0.2) is 0 Å². The van der Waals surface area contributed by atoms with E-state index in [2.05, 4.69) is 29.1 Å². The number of likely N-dealkylation sites (tertiary alicyclic amines) is 1. The van der Waals surface area contributed by atoms with E-state index in [1.165, 1.54) is 38.8 Å². The third kappa shape index (κ3) is 5.24. The zero-order valence-corrected chi connectivity index (χ0v) is 13.8. The number of likely N-dealkylation sites (N-methyl/N-ethyl adjacent to an activating group) is 1. The SMILES string of the molecule is CCOC(=O)C(CN(C)C1CCN(CC)CC1)NC1CC1. The summed E-state index contributed by atoms with van der Waals surface area (Å²) in [6.07, 6.45) is 4.77. The molecule has 1 aliphatic heterocycles. The Balaban J connectivity index is 1.82. The Morgan fingerprint density at radius 1 is 1.29 bits per heavy atom. The highest BCUT2D eigenvalue weighted by atomic mass is 16.5. The van der Waals surface area contributed by atoms with E-state index in [1.54, 1.807) is 0 Å². The van der Waals surface area contributed by atoms with Crippen LogP contribution in [0.5, 0.6) is 0 Å². The number of nitrogens with zero attached hydrogens (tertiary/aromatic N) is 2. The standard InChI is InChI=1S/C16H31N3O2/c1-4-19-10-8-14(9-11-19)18(3)12-15(16(20)21-5-2)17-13-6-7-13/h13-15,17H,4-12H2,1-3H3. The van der Waals surface area contributed by atoms with E-state index < -0.39 is 0 Å². The summed E-state index contributed by atoms with van der Waals surface area (Å²) in [5.74, 6) is -0.0951. The lowest BCUT2D eigenvalue weighted by Crippen LogP contribution is -2.51. The third-order valence-electron chi connectivity index (χ3n) is 4.68. The minimum Gasteiger partial charge on any atom is -0.465 e. The first-order valence-corrected chi connectivity index (χ1v) is 8.49. The highest BCUT2D eigenvalue weighted by Crippen LogP contribution is 2.21. The largest absolute Gasteiger partial charge is 0.465 e. The van der Waals surface area contributed by atoms with Crippen LogP contribution in [0.25, 0.3) is 0 Å². The molecule has 122 valence electrons. The first-order valence-electron chi connectivity index (χ1n) is 8.49. The summed E-state index contributed by atoms with van der Waals surface area (Å²) in [4.78, 5) is 17.0. The van der Waals surface area contributed by atoms with E-state index in [9.17, 15) is 4.79 Å². The molecule has 5 nitrogen and oxygen atoms in total. The van der Waals surface area contributed by atoms with E-state index in [4.69, 9.17) is 4.74 Å². The lowest BCUT2D eigenvalue weighted by molar-refractivity contribution is -0.146. The molecule has 0 radical (unpaired) electrons. The molecule has 2 fully saturated rings. The van der Waals surface area contributed by atoms with E-state index in [0.717, 1.165) is 13.1 Å². The number of piperidine rings is 1. The van der Waals surface area contributed by atoms with Crippen molar-refractivity contribution < 1.29 is 9.53 Å². The second-order valence-electron chi connectivity index (χ2n) is 6.35. The van der Waals surface area contributed by atoms with Crippen LogP contribution in [0.1, 0.15) is 39.5 Å². The predicted octanol–water partition coefficient (Wildman–Crippen LogP) is 1.09. The monoisotopic (exact) mass is 297 g/mol. The van der Waals surface area contributed by atoms with Crippen molar-refractivity contribution in [2.24, 2.45) is 0 Å². The highest BCUT2D eigenvalue weighted by Gasteiger charge is 2.31. The van der Waals surface area contributed by atoms with Crippen LogP contribution >= 0.6 is 0 Å². The van der Waals surface area contributed by atoms with Gasteiger partial charge in [0, 0.05) is 18.6 Å². The van der Waals surface area contributed by atoms with Gasteiger partial charge in [-0.1, -0.05) is 6.92 Å². The summed E-state index contributed by atoms with van der Waals surface area (Å²) >= 11 is 0. The van der Waals surface area contributed by atoms with Gasteiger partial charge in [-0.05, 0) is 59.3 Å². The van der Waals surface area contributed by atoms with Gasteiger partial charge in [0.2, 0.25) is 0 Å². The average Bonchev–Trinajstić information content (AvgIpc) is 3.31. The van der Waals surface area contributed by atoms with Crippen LogP contribution < -0.4 is 5.32 Å². The Morgan fingerprint density at radius 2 is 1.95 bits per heavy atom. The van der Waals surface area contributed by atoms with Gasteiger partial charge in [0.05, 0.1) is 6.61 Å². The Bertz CT molecular complexity index is 325. The van der Waals surface area contributed by atoms with E-state index in [1.807, 2.05) is 6.92 Å². The zero-order chi connectivity index (χ0) is 15.2. The number of carbonyl (C=O) groups is 1. The van der Waals surface area contributed by atoms with Crippen LogP contribution in [-0.4, -0.2) is 73.7 Å².